The number of hydrogen-bond acceptors (Lipinski definition) is 4. The third-order valence-electron chi connectivity index (χ3n) is 8.58. The van der Waals surface area contributed by atoms with Crippen LogP contribution in [-0.4, -0.2) is 78.0 Å². The number of nitrogens with two attached hydrogens (primary N) is 1. The summed E-state index contributed by atoms with van der Waals surface area (Å²) in [5.74, 6) is -1.75. The number of hydrogen-bond donors (Lipinski definition) is 1. The molecule has 2 unspecified atom stereocenters. The smallest absolute Gasteiger partial charge is 0.266 e. The standard InChI is InChI=1S/C30H40F3N3O3/c1-3-29(32,4-2)20-35-15-12-21(13-16-35)19-39-24-10-8-22(9-11-24)25-7-5-6-14-30(25,33)28(38)36-18-23(31)17-26(36)27(34)37/h5-11,14,21,23,25-26H,3-4,12-13,15-20H2,1-2H3,(H2,34,37)/t23-,25?,26-,30?/m0/s1. The number of allylic oxidation sites excluding steroid dienone is 3. The lowest BCUT2D eigenvalue weighted by atomic mass is 9.79. The molecule has 2 N–H and O–H groups in total. The van der Waals surface area contributed by atoms with Crippen molar-refractivity contribution in [2.24, 2.45) is 11.7 Å². The predicted octanol–water partition coefficient (Wildman–Crippen LogP) is 4.65. The topological polar surface area (TPSA) is 75.9 Å². The molecule has 214 valence electrons. The number of benzene rings is 1. The van der Waals surface area contributed by atoms with Gasteiger partial charge in [0, 0.05) is 18.9 Å². The number of halogens is 3. The average Bonchev–Trinajstić information content (AvgIpc) is 3.34. The molecular formula is C30H40F3N3O3. The van der Waals surface area contributed by atoms with E-state index in [2.05, 4.69) is 4.90 Å². The Hall–Kier alpha value is -2.81. The molecule has 1 aromatic rings. The van der Waals surface area contributed by atoms with Crippen molar-refractivity contribution in [3.8, 4) is 5.75 Å². The third kappa shape index (κ3) is 6.51. The van der Waals surface area contributed by atoms with Gasteiger partial charge in [-0.05, 0) is 68.5 Å². The van der Waals surface area contributed by atoms with E-state index in [-0.39, 0.29) is 13.0 Å². The average molecular weight is 548 g/mol. The first-order valence-corrected chi connectivity index (χ1v) is 14.0. The van der Waals surface area contributed by atoms with Crippen molar-refractivity contribution in [1.29, 1.82) is 0 Å². The number of nitrogens with zero attached hydrogens (tertiary/aromatic N) is 2. The first kappa shape index (κ1) is 29.2. The Morgan fingerprint density at radius 3 is 2.41 bits per heavy atom. The summed E-state index contributed by atoms with van der Waals surface area (Å²) >= 11 is 0. The molecule has 9 heteroatoms. The molecule has 2 aliphatic heterocycles. The van der Waals surface area contributed by atoms with Gasteiger partial charge in [-0.15, -0.1) is 0 Å². The van der Waals surface area contributed by atoms with Gasteiger partial charge in [-0.1, -0.05) is 44.2 Å². The van der Waals surface area contributed by atoms with Gasteiger partial charge < -0.3 is 20.3 Å². The van der Waals surface area contributed by atoms with Crippen LogP contribution in [0.4, 0.5) is 13.2 Å². The Morgan fingerprint density at radius 1 is 1.13 bits per heavy atom. The lowest BCUT2D eigenvalue weighted by Gasteiger charge is -2.36. The number of carbonyl (C=O) groups is 2. The SMILES string of the molecule is CCC(F)(CC)CN1CCC(COc2ccc(C3C=CC=CC3(F)C(=O)N3C[C@@H](F)C[C@H]3C(N)=O)cc2)CC1. The molecule has 0 aromatic heterocycles. The summed E-state index contributed by atoms with van der Waals surface area (Å²) in [5.41, 5.74) is 2.32. The van der Waals surface area contributed by atoms with Crippen LogP contribution in [0.15, 0.2) is 48.6 Å². The van der Waals surface area contributed by atoms with E-state index in [1.54, 1.807) is 36.4 Å². The minimum absolute atomic E-state index is 0.222. The minimum Gasteiger partial charge on any atom is -0.493 e. The Bertz CT molecular complexity index is 1070. The van der Waals surface area contributed by atoms with Crippen molar-refractivity contribution < 1.29 is 27.5 Å². The monoisotopic (exact) mass is 547 g/mol. The molecule has 0 spiro atoms. The Balaban J connectivity index is 1.35. The molecule has 0 radical (unpaired) electrons. The molecule has 2 fully saturated rings. The Labute approximate surface area is 229 Å². The highest BCUT2D eigenvalue weighted by Crippen LogP contribution is 2.40. The van der Waals surface area contributed by atoms with Gasteiger partial charge in [0.15, 0.2) is 0 Å². The molecule has 4 rings (SSSR count). The van der Waals surface area contributed by atoms with Crippen LogP contribution in [0.5, 0.6) is 5.75 Å². The third-order valence-corrected chi connectivity index (χ3v) is 8.58. The summed E-state index contributed by atoms with van der Waals surface area (Å²) in [5, 5.41) is 0. The lowest BCUT2D eigenvalue weighted by molar-refractivity contribution is -0.146. The summed E-state index contributed by atoms with van der Waals surface area (Å²) in [4.78, 5) is 28.2. The van der Waals surface area contributed by atoms with E-state index in [0.29, 0.717) is 43.2 Å². The van der Waals surface area contributed by atoms with E-state index in [9.17, 15) is 18.4 Å². The quantitative estimate of drug-likeness (QED) is 0.463. The molecule has 2 heterocycles. The summed E-state index contributed by atoms with van der Waals surface area (Å²) < 4.78 is 51.1. The molecule has 0 saturated carbocycles. The van der Waals surface area contributed by atoms with Crippen LogP contribution in [0.3, 0.4) is 0 Å². The van der Waals surface area contributed by atoms with Crippen LogP contribution >= 0.6 is 0 Å². The van der Waals surface area contributed by atoms with Crippen LogP contribution in [0.25, 0.3) is 0 Å². The van der Waals surface area contributed by atoms with Gasteiger partial charge in [0.1, 0.15) is 23.6 Å². The van der Waals surface area contributed by atoms with Gasteiger partial charge in [0.25, 0.3) is 5.91 Å². The molecule has 2 amide bonds. The molecule has 6 nitrogen and oxygen atoms in total. The maximum atomic E-state index is 16.3. The highest BCUT2D eigenvalue weighted by atomic mass is 19.1. The van der Waals surface area contributed by atoms with E-state index in [1.807, 2.05) is 13.8 Å². The molecule has 1 aliphatic carbocycles. The van der Waals surface area contributed by atoms with Gasteiger partial charge >= 0.3 is 0 Å². The van der Waals surface area contributed by atoms with E-state index in [1.165, 1.54) is 6.08 Å². The van der Waals surface area contributed by atoms with Crippen molar-refractivity contribution in [2.45, 2.75) is 75.4 Å². The zero-order valence-electron chi connectivity index (χ0n) is 22.8. The normalized spacial score (nSPS) is 28.1. The fourth-order valence-electron chi connectivity index (χ4n) is 5.84. The summed E-state index contributed by atoms with van der Waals surface area (Å²) in [7, 11) is 0. The number of carbonyl (C=O) groups excluding carboxylic acids is 2. The maximum absolute atomic E-state index is 16.3. The van der Waals surface area contributed by atoms with E-state index >= 15 is 4.39 Å². The molecule has 1 aromatic carbocycles. The number of alkyl halides is 3. The maximum Gasteiger partial charge on any atom is 0.266 e. The van der Waals surface area contributed by atoms with Crippen LogP contribution in [-0.2, 0) is 9.59 Å². The van der Waals surface area contributed by atoms with Crippen LogP contribution in [0.1, 0.15) is 57.4 Å². The Morgan fingerprint density at radius 2 is 1.79 bits per heavy atom. The van der Waals surface area contributed by atoms with Gasteiger partial charge in [-0.2, -0.15) is 0 Å². The highest BCUT2D eigenvalue weighted by Gasteiger charge is 2.51. The number of likely N-dealkylation sites (tertiary alicyclic amines) is 2. The molecular weight excluding hydrogens is 507 g/mol. The molecule has 39 heavy (non-hydrogen) atoms. The number of rotatable bonds is 10. The van der Waals surface area contributed by atoms with Crippen molar-refractivity contribution in [3.05, 3.63) is 54.1 Å². The fraction of sp³-hybridized carbons (Fsp3) is 0.600. The first-order chi connectivity index (χ1) is 18.6. The Kier molecular flexibility index (Phi) is 9.09. The van der Waals surface area contributed by atoms with Crippen molar-refractivity contribution in [3.63, 3.8) is 0 Å². The second kappa shape index (κ2) is 12.1. The van der Waals surface area contributed by atoms with Crippen LogP contribution < -0.4 is 10.5 Å². The van der Waals surface area contributed by atoms with Gasteiger partial charge in [0.05, 0.1) is 13.2 Å². The molecule has 4 atom stereocenters. The van der Waals surface area contributed by atoms with Crippen LogP contribution in [0, 0.1) is 5.92 Å². The molecule has 0 bridgehead atoms. The highest BCUT2D eigenvalue weighted by molar-refractivity contribution is 5.94. The van der Waals surface area contributed by atoms with Crippen molar-refractivity contribution in [2.75, 3.05) is 32.8 Å². The number of amides is 2. The van der Waals surface area contributed by atoms with E-state index in [0.717, 1.165) is 36.9 Å². The largest absolute Gasteiger partial charge is 0.493 e. The summed E-state index contributed by atoms with van der Waals surface area (Å²) in [6.45, 7) is 6.16. The van der Waals surface area contributed by atoms with E-state index in [4.69, 9.17) is 10.5 Å². The number of piperidine rings is 1. The first-order valence-electron chi connectivity index (χ1n) is 14.0. The zero-order valence-corrected chi connectivity index (χ0v) is 22.8. The second-order valence-corrected chi connectivity index (χ2v) is 11.2. The zero-order chi connectivity index (χ0) is 28.2. The van der Waals surface area contributed by atoms with Gasteiger partial charge in [0.2, 0.25) is 11.6 Å². The minimum atomic E-state index is -2.48. The fourth-order valence-corrected chi connectivity index (χ4v) is 5.84. The molecule has 3 aliphatic rings. The lowest BCUT2D eigenvalue weighted by Crippen LogP contribution is -2.53. The van der Waals surface area contributed by atoms with Gasteiger partial charge in [-0.25, -0.2) is 13.2 Å². The van der Waals surface area contributed by atoms with E-state index < -0.39 is 41.3 Å². The van der Waals surface area contributed by atoms with Crippen molar-refractivity contribution in [1.82, 2.24) is 9.80 Å². The molecule has 2 saturated heterocycles. The van der Waals surface area contributed by atoms with Crippen LogP contribution in [0.2, 0.25) is 0 Å². The number of ether oxygens (including phenoxy) is 1. The predicted molar refractivity (Wildman–Crippen MR) is 145 cm³/mol. The second-order valence-electron chi connectivity index (χ2n) is 11.2. The van der Waals surface area contributed by atoms with Gasteiger partial charge in [-0.3, -0.25) is 9.59 Å². The van der Waals surface area contributed by atoms with Crippen molar-refractivity contribution >= 4 is 11.8 Å². The summed E-state index contributed by atoms with van der Waals surface area (Å²) in [6, 6.07) is 5.78. The number of primary amides is 1. The summed E-state index contributed by atoms with van der Waals surface area (Å²) in [6.07, 6.45) is 7.14.